The van der Waals surface area contributed by atoms with Gasteiger partial charge in [-0.15, -0.1) is 0 Å². The quantitative estimate of drug-likeness (QED) is 0.416. The van der Waals surface area contributed by atoms with Crippen LogP contribution in [0.3, 0.4) is 0 Å². The van der Waals surface area contributed by atoms with E-state index in [1.807, 2.05) is 0 Å². The van der Waals surface area contributed by atoms with E-state index in [9.17, 15) is 17.6 Å². The van der Waals surface area contributed by atoms with Crippen LogP contribution in [0.1, 0.15) is 19.8 Å². The number of benzene rings is 2. The molecule has 1 aliphatic rings. The maximum Gasteiger partial charge on any atom is 0.322 e. The first-order valence-corrected chi connectivity index (χ1v) is 13.4. The van der Waals surface area contributed by atoms with Gasteiger partial charge in [0.1, 0.15) is 28.7 Å². The number of rotatable bonds is 6. The summed E-state index contributed by atoms with van der Waals surface area (Å²) < 4.78 is 47.3. The lowest BCUT2D eigenvalue weighted by Gasteiger charge is -2.31. The van der Waals surface area contributed by atoms with Crippen LogP contribution >= 0.6 is 27.5 Å². The standard InChI is InChI=1S/C23H23BrClFN4O4S/c1-13(27)23(31)34-16-6-8-30(9-7-16)35(32,33)21-11-15(2-4-18(21)25)22-28-12-20(29-22)14-3-5-19(26)17(24)10-14/h2-5,10-13,16H,6-9,27H2,1H3,(H,28,29)/t13-/m0/s1. The number of halogens is 3. The Morgan fingerprint density at radius 1 is 1.26 bits per heavy atom. The van der Waals surface area contributed by atoms with Crippen LogP contribution in [0.5, 0.6) is 0 Å². The van der Waals surface area contributed by atoms with E-state index >= 15 is 0 Å². The third kappa shape index (κ3) is 5.59. The van der Waals surface area contributed by atoms with Crippen LogP contribution in [0, 0.1) is 5.82 Å². The van der Waals surface area contributed by atoms with E-state index in [1.165, 1.54) is 29.4 Å². The summed E-state index contributed by atoms with van der Waals surface area (Å²) in [5, 5.41) is 0.0912. The minimum absolute atomic E-state index is 0.0369. The fourth-order valence-corrected chi connectivity index (χ4v) is 6.07. The van der Waals surface area contributed by atoms with Gasteiger partial charge in [-0.2, -0.15) is 4.31 Å². The molecule has 0 saturated carbocycles. The number of sulfonamides is 1. The Morgan fingerprint density at radius 2 is 1.94 bits per heavy atom. The molecule has 1 saturated heterocycles. The van der Waals surface area contributed by atoms with Crippen LogP contribution in [0.25, 0.3) is 22.6 Å². The fourth-order valence-electron chi connectivity index (χ4n) is 3.72. The molecule has 12 heteroatoms. The monoisotopic (exact) mass is 584 g/mol. The molecule has 1 fully saturated rings. The van der Waals surface area contributed by atoms with Crippen LogP contribution < -0.4 is 5.73 Å². The molecule has 1 atom stereocenters. The molecule has 2 heterocycles. The van der Waals surface area contributed by atoms with E-state index in [4.69, 9.17) is 22.1 Å². The van der Waals surface area contributed by atoms with Crippen LogP contribution in [0.2, 0.25) is 5.02 Å². The molecule has 8 nitrogen and oxygen atoms in total. The average Bonchev–Trinajstić information content (AvgIpc) is 3.31. The van der Waals surface area contributed by atoms with Gasteiger partial charge in [0.25, 0.3) is 0 Å². The van der Waals surface area contributed by atoms with Crippen molar-refractivity contribution in [3.8, 4) is 22.6 Å². The number of aromatic amines is 1. The summed E-state index contributed by atoms with van der Waals surface area (Å²) in [5.41, 5.74) is 7.32. The van der Waals surface area contributed by atoms with E-state index in [0.717, 1.165) is 0 Å². The number of nitrogens with one attached hydrogen (secondary N) is 1. The molecular formula is C23H23BrClFN4O4S. The molecule has 1 aliphatic heterocycles. The second-order valence-electron chi connectivity index (χ2n) is 8.24. The average molecular weight is 586 g/mol. The van der Waals surface area contributed by atoms with Gasteiger partial charge < -0.3 is 15.5 Å². The molecule has 35 heavy (non-hydrogen) atoms. The van der Waals surface area contributed by atoms with Gasteiger partial charge in [-0.1, -0.05) is 11.6 Å². The van der Waals surface area contributed by atoms with Crippen molar-refractivity contribution in [2.24, 2.45) is 5.73 Å². The second kappa shape index (κ2) is 10.4. The fraction of sp³-hybridized carbons (Fsp3) is 0.304. The highest BCUT2D eigenvalue weighted by Gasteiger charge is 2.32. The van der Waals surface area contributed by atoms with Crippen molar-refractivity contribution in [1.82, 2.24) is 14.3 Å². The number of aromatic nitrogens is 2. The van der Waals surface area contributed by atoms with Crippen molar-refractivity contribution in [3.63, 3.8) is 0 Å². The first-order valence-electron chi connectivity index (χ1n) is 10.8. The summed E-state index contributed by atoms with van der Waals surface area (Å²) in [5.74, 6) is -0.448. The molecule has 2 aromatic carbocycles. The number of hydrogen-bond donors (Lipinski definition) is 2. The highest BCUT2D eigenvalue weighted by Crippen LogP contribution is 2.32. The second-order valence-corrected chi connectivity index (χ2v) is 11.4. The molecule has 0 radical (unpaired) electrons. The Labute approximate surface area is 215 Å². The molecule has 0 spiro atoms. The third-order valence-corrected chi connectivity index (χ3v) is 8.66. The molecular weight excluding hydrogens is 563 g/mol. The number of H-pyrrole nitrogens is 1. The summed E-state index contributed by atoms with van der Waals surface area (Å²) in [6, 6.07) is 8.48. The first kappa shape index (κ1) is 25.8. The van der Waals surface area contributed by atoms with E-state index in [-0.39, 0.29) is 34.9 Å². The molecule has 3 N–H and O–H groups in total. The number of imidazole rings is 1. The van der Waals surface area contributed by atoms with Crippen molar-refractivity contribution >= 4 is 43.5 Å². The molecule has 0 amide bonds. The minimum atomic E-state index is -3.90. The highest BCUT2D eigenvalue weighted by molar-refractivity contribution is 9.10. The van der Waals surface area contributed by atoms with E-state index < -0.39 is 22.0 Å². The predicted octanol–water partition coefficient (Wildman–Crippen LogP) is 4.34. The lowest BCUT2D eigenvalue weighted by atomic mass is 10.1. The van der Waals surface area contributed by atoms with Gasteiger partial charge in [0.2, 0.25) is 10.0 Å². The number of hydrogen-bond acceptors (Lipinski definition) is 6. The summed E-state index contributed by atoms with van der Waals surface area (Å²) in [6.07, 6.45) is 2.01. The maximum absolute atomic E-state index is 13.6. The van der Waals surface area contributed by atoms with Crippen molar-refractivity contribution in [1.29, 1.82) is 0 Å². The van der Waals surface area contributed by atoms with Gasteiger partial charge in [-0.3, -0.25) is 4.79 Å². The topological polar surface area (TPSA) is 118 Å². The van der Waals surface area contributed by atoms with Gasteiger partial charge in [0.05, 0.1) is 15.2 Å². The van der Waals surface area contributed by atoms with Gasteiger partial charge >= 0.3 is 5.97 Å². The minimum Gasteiger partial charge on any atom is -0.461 e. The van der Waals surface area contributed by atoms with Crippen LogP contribution in [-0.2, 0) is 19.6 Å². The zero-order valence-electron chi connectivity index (χ0n) is 18.7. The highest BCUT2D eigenvalue weighted by atomic mass is 79.9. The number of carbonyl (C=O) groups excluding carboxylic acids is 1. The third-order valence-electron chi connectivity index (χ3n) is 5.67. The summed E-state index contributed by atoms with van der Waals surface area (Å²) in [6.45, 7) is 1.91. The smallest absolute Gasteiger partial charge is 0.322 e. The van der Waals surface area contributed by atoms with Gasteiger partial charge in [0.15, 0.2) is 0 Å². The summed E-state index contributed by atoms with van der Waals surface area (Å²) >= 11 is 9.46. The number of piperidine rings is 1. The number of esters is 1. The lowest BCUT2D eigenvalue weighted by Crippen LogP contribution is -2.42. The molecule has 3 aromatic rings. The zero-order valence-corrected chi connectivity index (χ0v) is 21.8. The lowest BCUT2D eigenvalue weighted by molar-refractivity contribution is -0.151. The maximum atomic E-state index is 13.6. The Kier molecular flexibility index (Phi) is 7.62. The zero-order chi connectivity index (χ0) is 25.3. The SMILES string of the molecule is C[C@H](N)C(=O)OC1CCN(S(=O)(=O)c2cc(-c3nc(-c4ccc(F)c(Br)c4)c[nH]3)ccc2Cl)CC1. The van der Waals surface area contributed by atoms with Crippen molar-refractivity contribution in [2.75, 3.05) is 13.1 Å². The van der Waals surface area contributed by atoms with Crippen molar-refractivity contribution < 1.29 is 22.3 Å². The van der Waals surface area contributed by atoms with Crippen LogP contribution in [0.4, 0.5) is 4.39 Å². The van der Waals surface area contributed by atoms with Crippen LogP contribution in [-0.4, -0.2) is 53.9 Å². The molecule has 0 aliphatic carbocycles. The van der Waals surface area contributed by atoms with Crippen LogP contribution in [0.15, 0.2) is 52.0 Å². The number of nitrogens with zero attached hydrogens (tertiary/aromatic N) is 2. The van der Waals surface area contributed by atoms with Crippen molar-refractivity contribution in [3.05, 3.63) is 57.9 Å². The Bertz CT molecular complexity index is 1360. The number of ether oxygens (including phenoxy) is 1. The molecule has 0 unspecified atom stereocenters. The van der Waals surface area contributed by atoms with Crippen molar-refractivity contribution in [2.45, 2.75) is 36.8 Å². The van der Waals surface area contributed by atoms with E-state index in [2.05, 4.69) is 25.9 Å². The Morgan fingerprint density at radius 3 is 2.60 bits per heavy atom. The van der Waals surface area contributed by atoms with Gasteiger partial charge in [0, 0.05) is 30.4 Å². The Balaban J connectivity index is 1.54. The summed E-state index contributed by atoms with van der Waals surface area (Å²) in [7, 11) is -3.90. The number of nitrogens with two attached hydrogens (primary N) is 1. The largest absolute Gasteiger partial charge is 0.461 e. The Hall–Kier alpha value is -2.31. The molecule has 186 valence electrons. The molecule has 1 aromatic heterocycles. The first-order chi connectivity index (χ1) is 16.6. The molecule has 4 rings (SSSR count). The normalized spacial score (nSPS) is 16.3. The predicted molar refractivity (Wildman–Crippen MR) is 134 cm³/mol. The van der Waals surface area contributed by atoms with E-state index in [1.54, 1.807) is 24.4 Å². The summed E-state index contributed by atoms with van der Waals surface area (Å²) in [4.78, 5) is 19.3. The number of carbonyl (C=O) groups is 1. The van der Waals surface area contributed by atoms with E-state index in [0.29, 0.717) is 40.0 Å². The van der Waals surface area contributed by atoms with Gasteiger partial charge in [-0.05, 0) is 72.1 Å². The van der Waals surface area contributed by atoms with Gasteiger partial charge in [-0.25, -0.2) is 17.8 Å². The molecule has 0 bridgehead atoms.